The van der Waals surface area contributed by atoms with Gasteiger partial charge in [0.05, 0.1) is 18.7 Å². The van der Waals surface area contributed by atoms with Crippen LogP contribution >= 0.6 is 78.2 Å². The molecule has 1 amide bonds. The Morgan fingerprint density at radius 2 is 2.23 bits per heavy atom. The molecule has 2 rings (SSSR count). The summed E-state index contributed by atoms with van der Waals surface area (Å²) >= 11 is 21.1. The lowest BCUT2D eigenvalue weighted by Gasteiger charge is -2.17. The van der Waals surface area contributed by atoms with Gasteiger partial charge in [-0.05, 0) is 50.6 Å². The van der Waals surface area contributed by atoms with Gasteiger partial charge in [-0.15, -0.1) is 34.7 Å². The number of carbonyl (C=O) groups is 1. The maximum atomic E-state index is 14.0. The maximum absolute atomic E-state index is 14.0. The van der Waals surface area contributed by atoms with Gasteiger partial charge in [-0.25, -0.2) is 9.38 Å². The average molecular weight is 508 g/mol. The van der Waals surface area contributed by atoms with Crippen molar-refractivity contribution < 1.29 is 9.18 Å². The molecule has 2 nitrogen and oxygen atoms in total. The van der Waals surface area contributed by atoms with Gasteiger partial charge in [0, 0.05) is 5.57 Å². The highest BCUT2D eigenvalue weighted by Gasteiger charge is 2.25. The number of thiophene rings is 1. The van der Waals surface area contributed by atoms with E-state index >= 15 is 0 Å². The molecule has 0 saturated carbocycles. The summed E-state index contributed by atoms with van der Waals surface area (Å²) in [5.41, 5.74) is 0.246. The van der Waals surface area contributed by atoms with Gasteiger partial charge in [-0.3, -0.25) is 4.79 Å². The first-order valence-corrected chi connectivity index (χ1v) is 10.3. The molecular formula is C13H8Br2Cl2FNOS2. The predicted molar refractivity (Wildman–Crippen MR) is 102 cm³/mol. The van der Waals surface area contributed by atoms with Crippen molar-refractivity contribution in [1.29, 1.82) is 0 Å². The van der Waals surface area contributed by atoms with Gasteiger partial charge < -0.3 is 0 Å². The molecule has 0 bridgehead atoms. The van der Waals surface area contributed by atoms with Crippen LogP contribution in [0.1, 0.15) is 16.1 Å². The molecule has 0 radical (unpaired) electrons. The Hall–Kier alpha value is 0.340. The summed E-state index contributed by atoms with van der Waals surface area (Å²) in [5.74, 6) is -0.990. The van der Waals surface area contributed by atoms with Crippen LogP contribution in [0, 0.1) is 0 Å². The van der Waals surface area contributed by atoms with Gasteiger partial charge in [0.15, 0.2) is 0 Å². The van der Waals surface area contributed by atoms with Crippen molar-refractivity contribution in [3.8, 4) is 0 Å². The molecule has 1 aromatic rings. The van der Waals surface area contributed by atoms with Crippen LogP contribution in [0.15, 0.2) is 36.8 Å². The highest BCUT2D eigenvalue weighted by Crippen LogP contribution is 2.41. The first-order chi connectivity index (χ1) is 10.4. The SMILES string of the molecule is CSC(=NC(=O)c1sc(Br)c(Br)c1Cl)C1=C(F)C=CCC1Cl. The van der Waals surface area contributed by atoms with E-state index in [-0.39, 0.29) is 20.5 Å². The monoisotopic (exact) mass is 505 g/mol. The van der Waals surface area contributed by atoms with Gasteiger partial charge in [-0.2, -0.15) is 0 Å². The fourth-order valence-corrected chi connectivity index (χ4v) is 5.17. The summed E-state index contributed by atoms with van der Waals surface area (Å²) < 4.78 is 15.3. The van der Waals surface area contributed by atoms with Crippen LogP contribution in [-0.2, 0) is 0 Å². The number of nitrogens with zero attached hydrogens (tertiary/aromatic N) is 1. The molecule has 0 spiro atoms. The van der Waals surface area contributed by atoms with Crippen LogP contribution in [0.3, 0.4) is 0 Å². The van der Waals surface area contributed by atoms with E-state index < -0.39 is 17.1 Å². The summed E-state index contributed by atoms with van der Waals surface area (Å²) in [6.45, 7) is 0. The zero-order chi connectivity index (χ0) is 16.4. The Morgan fingerprint density at radius 3 is 2.73 bits per heavy atom. The molecule has 1 aromatic heterocycles. The van der Waals surface area contributed by atoms with Crippen molar-refractivity contribution in [2.75, 3.05) is 6.26 Å². The van der Waals surface area contributed by atoms with Crippen LogP contribution in [0.25, 0.3) is 0 Å². The number of rotatable bonds is 2. The number of halogens is 5. The van der Waals surface area contributed by atoms with Crippen LogP contribution in [0.5, 0.6) is 0 Å². The average Bonchev–Trinajstić information content (AvgIpc) is 2.73. The number of amides is 1. The molecule has 9 heteroatoms. The molecule has 0 aromatic carbocycles. The molecule has 0 saturated heterocycles. The summed E-state index contributed by atoms with van der Waals surface area (Å²) in [7, 11) is 0. The number of aliphatic imine (C=N–C) groups is 1. The fraction of sp³-hybridized carbons (Fsp3) is 0.231. The smallest absolute Gasteiger partial charge is 0.266 e. The second-order valence-electron chi connectivity index (χ2n) is 4.13. The van der Waals surface area contributed by atoms with Crippen LogP contribution in [0.4, 0.5) is 4.39 Å². The molecule has 1 heterocycles. The summed E-state index contributed by atoms with van der Waals surface area (Å²) in [4.78, 5) is 16.6. The molecule has 1 unspecified atom stereocenters. The Kier molecular flexibility index (Phi) is 6.74. The maximum Gasteiger partial charge on any atom is 0.289 e. The lowest BCUT2D eigenvalue weighted by atomic mass is 10.0. The van der Waals surface area contributed by atoms with Crippen molar-refractivity contribution in [2.45, 2.75) is 11.8 Å². The lowest BCUT2D eigenvalue weighted by Crippen LogP contribution is -2.15. The molecule has 0 fully saturated rings. The Morgan fingerprint density at radius 1 is 1.55 bits per heavy atom. The minimum absolute atomic E-state index is 0.246. The molecule has 1 atom stereocenters. The second-order valence-corrected chi connectivity index (χ2v) is 8.96. The van der Waals surface area contributed by atoms with Crippen molar-refractivity contribution >= 4 is 89.1 Å². The lowest BCUT2D eigenvalue weighted by molar-refractivity contribution is 0.101. The third-order valence-electron chi connectivity index (χ3n) is 2.76. The minimum Gasteiger partial charge on any atom is -0.266 e. The molecule has 0 N–H and O–H groups in total. The normalized spacial score (nSPS) is 19.0. The van der Waals surface area contributed by atoms with Gasteiger partial charge in [0.25, 0.3) is 5.91 Å². The van der Waals surface area contributed by atoms with Crippen molar-refractivity contribution in [2.24, 2.45) is 4.99 Å². The van der Waals surface area contributed by atoms with Gasteiger partial charge in [0.2, 0.25) is 0 Å². The highest BCUT2D eigenvalue weighted by molar-refractivity contribution is 9.13. The summed E-state index contributed by atoms with van der Waals surface area (Å²) in [6.07, 6.45) is 5.21. The van der Waals surface area contributed by atoms with Gasteiger partial charge >= 0.3 is 0 Å². The molecular weight excluding hydrogens is 500 g/mol. The van der Waals surface area contributed by atoms with Crippen molar-refractivity contribution in [1.82, 2.24) is 0 Å². The highest BCUT2D eigenvalue weighted by atomic mass is 79.9. The van der Waals surface area contributed by atoms with Crippen molar-refractivity contribution in [3.05, 3.63) is 41.7 Å². The number of alkyl halides is 1. The van der Waals surface area contributed by atoms with E-state index in [4.69, 9.17) is 23.2 Å². The summed E-state index contributed by atoms with van der Waals surface area (Å²) in [5, 5.41) is 0.0105. The Bertz CT molecular complexity index is 715. The summed E-state index contributed by atoms with van der Waals surface area (Å²) in [6, 6.07) is 0. The van der Waals surface area contributed by atoms with Gasteiger partial charge in [0.1, 0.15) is 15.7 Å². The van der Waals surface area contributed by atoms with Crippen LogP contribution in [0.2, 0.25) is 5.02 Å². The van der Waals surface area contributed by atoms with Crippen LogP contribution in [-0.4, -0.2) is 22.6 Å². The largest absolute Gasteiger partial charge is 0.289 e. The number of carbonyl (C=O) groups excluding carboxylic acids is 1. The first-order valence-electron chi connectivity index (χ1n) is 5.87. The van der Waals surface area contributed by atoms with E-state index in [1.54, 1.807) is 12.3 Å². The number of thioether (sulfide) groups is 1. The second kappa shape index (κ2) is 7.94. The van der Waals surface area contributed by atoms with E-state index in [1.165, 1.54) is 17.8 Å². The van der Waals surface area contributed by atoms with E-state index in [9.17, 15) is 9.18 Å². The molecule has 0 aliphatic heterocycles. The third kappa shape index (κ3) is 3.87. The Balaban J connectivity index is 2.42. The number of hydrogen-bond donors (Lipinski definition) is 0. The molecule has 1 aliphatic carbocycles. The molecule has 1 aliphatic rings. The zero-order valence-corrected chi connectivity index (χ0v) is 17.3. The number of hydrogen-bond acceptors (Lipinski definition) is 3. The zero-order valence-electron chi connectivity index (χ0n) is 11.0. The number of allylic oxidation sites excluding steroid dienone is 3. The van der Waals surface area contributed by atoms with E-state index in [1.807, 2.05) is 0 Å². The van der Waals surface area contributed by atoms with E-state index in [2.05, 4.69) is 36.9 Å². The van der Waals surface area contributed by atoms with E-state index in [0.717, 1.165) is 11.3 Å². The first kappa shape index (κ1) is 18.7. The topological polar surface area (TPSA) is 29.4 Å². The standard InChI is InChI=1S/C13H8Br2Cl2FNOS2/c1-21-13(7-5(16)3-2-4-6(7)18)19-12(20)10-9(17)8(14)11(15)22-10/h2,4-5H,3H2,1H3. The Labute approximate surface area is 162 Å². The van der Waals surface area contributed by atoms with Crippen molar-refractivity contribution in [3.63, 3.8) is 0 Å². The molecule has 118 valence electrons. The van der Waals surface area contributed by atoms with Gasteiger partial charge in [-0.1, -0.05) is 17.7 Å². The third-order valence-corrected chi connectivity index (χ3v) is 8.00. The fourth-order valence-electron chi connectivity index (χ4n) is 1.75. The molecule has 22 heavy (non-hydrogen) atoms. The van der Waals surface area contributed by atoms with Crippen LogP contribution < -0.4 is 0 Å². The predicted octanol–water partition coefficient (Wildman–Crippen LogP) is 6.62. The minimum atomic E-state index is -0.540. The van der Waals surface area contributed by atoms with E-state index in [0.29, 0.717) is 14.7 Å². The quantitative estimate of drug-likeness (QED) is 0.256.